The van der Waals surface area contributed by atoms with Crippen molar-refractivity contribution in [2.75, 3.05) is 0 Å². The Kier molecular flexibility index (Phi) is 3.73. The van der Waals surface area contributed by atoms with Crippen LogP contribution in [0, 0.1) is 0 Å². The molecule has 0 amide bonds. The molecule has 17 heavy (non-hydrogen) atoms. The molecule has 0 heterocycles. The highest BCUT2D eigenvalue weighted by Crippen LogP contribution is 2.27. The lowest BCUT2D eigenvalue weighted by molar-refractivity contribution is -0.103. The van der Waals surface area contributed by atoms with Crippen LogP contribution >= 0.6 is 11.6 Å². The molecule has 0 fully saturated rings. The van der Waals surface area contributed by atoms with Crippen LogP contribution < -0.4 is 0 Å². The van der Waals surface area contributed by atoms with Gasteiger partial charge < -0.3 is 0 Å². The van der Waals surface area contributed by atoms with Gasteiger partial charge in [-0.05, 0) is 11.1 Å². The van der Waals surface area contributed by atoms with Crippen molar-refractivity contribution >= 4 is 28.5 Å². The summed E-state index contributed by atoms with van der Waals surface area (Å²) in [4.78, 5) is 11.2. The van der Waals surface area contributed by atoms with Gasteiger partial charge in [0.1, 0.15) is 0 Å². The summed E-state index contributed by atoms with van der Waals surface area (Å²) in [5.74, 6) is 0. The fourth-order valence-electron chi connectivity index (χ4n) is 1.60. The fraction of sp³-hybridized carbons (Fsp3) is 0. The molecule has 0 spiro atoms. The van der Waals surface area contributed by atoms with Crippen LogP contribution in [-0.4, -0.2) is 6.29 Å². The molecular weight excluding hydrogens is 232 g/mol. The van der Waals surface area contributed by atoms with E-state index in [1.165, 1.54) is 0 Å². The molecule has 0 aromatic heterocycles. The number of carbonyl (C=O) groups is 1. The van der Waals surface area contributed by atoms with E-state index in [-0.39, 0.29) is 0 Å². The summed E-state index contributed by atoms with van der Waals surface area (Å²) in [6, 6.07) is 18.9. The van der Waals surface area contributed by atoms with Crippen molar-refractivity contribution in [2.24, 2.45) is 0 Å². The topological polar surface area (TPSA) is 17.1 Å². The summed E-state index contributed by atoms with van der Waals surface area (Å²) >= 11 is 6.26. The number of halogens is 1. The van der Waals surface area contributed by atoms with Crippen LogP contribution in [0.2, 0.25) is 0 Å². The average Bonchev–Trinajstić information content (AvgIpc) is 2.42. The predicted octanol–water partition coefficient (Wildman–Crippen LogP) is 3.99. The predicted molar refractivity (Wildman–Crippen MR) is 71.6 cm³/mol. The maximum atomic E-state index is 11.2. The molecule has 0 atom stereocenters. The average molecular weight is 243 g/mol. The molecule has 0 aliphatic carbocycles. The Labute approximate surface area is 105 Å². The highest BCUT2D eigenvalue weighted by molar-refractivity contribution is 6.55. The lowest BCUT2D eigenvalue weighted by Gasteiger charge is -2.05. The van der Waals surface area contributed by atoms with Crippen molar-refractivity contribution < 1.29 is 4.79 Å². The Balaban J connectivity index is 2.52. The Morgan fingerprint density at radius 2 is 1.29 bits per heavy atom. The second kappa shape index (κ2) is 5.46. The second-order valence-electron chi connectivity index (χ2n) is 3.58. The second-order valence-corrected chi connectivity index (χ2v) is 3.96. The van der Waals surface area contributed by atoms with Gasteiger partial charge in [0.25, 0.3) is 0 Å². The zero-order valence-electron chi connectivity index (χ0n) is 9.14. The largest absolute Gasteiger partial charge is 0.298 e. The molecule has 0 aliphatic rings. The van der Waals surface area contributed by atoms with Gasteiger partial charge in [-0.15, -0.1) is 0 Å². The summed E-state index contributed by atoms with van der Waals surface area (Å²) in [6.45, 7) is 0. The number of benzene rings is 2. The van der Waals surface area contributed by atoms with Gasteiger partial charge >= 0.3 is 0 Å². The molecule has 2 aromatic rings. The number of carbonyl (C=O) groups excluding carboxylic acids is 1. The molecule has 0 radical (unpaired) electrons. The van der Waals surface area contributed by atoms with E-state index in [1.54, 1.807) is 0 Å². The van der Waals surface area contributed by atoms with Gasteiger partial charge in [0.15, 0.2) is 6.29 Å². The molecule has 84 valence electrons. The van der Waals surface area contributed by atoms with E-state index in [4.69, 9.17) is 11.6 Å². The number of hydrogen-bond donors (Lipinski definition) is 0. The van der Waals surface area contributed by atoms with E-state index in [1.807, 2.05) is 60.7 Å². The zero-order valence-corrected chi connectivity index (χ0v) is 9.89. The normalized spacial score (nSPS) is 11.8. The van der Waals surface area contributed by atoms with Crippen LogP contribution in [0.1, 0.15) is 11.1 Å². The lowest BCUT2D eigenvalue weighted by atomic mass is 10.0. The van der Waals surface area contributed by atoms with Crippen molar-refractivity contribution in [3.8, 4) is 0 Å². The molecule has 0 unspecified atom stereocenters. The molecule has 2 aromatic carbocycles. The molecule has 0 aliphatic heterocycles. The third-order valence-electron chi connectivity index (χ3n) is 2.47. The Hall–Kier alpha value is -1.86. The van der Waals surface area contributed by atoms with E-state index in [9.17, 15) is 4.79 Å². The number of allylic oxidation sites excluding steroid dienone is 1. The molecule has 0 saturated heterocycles. The standard InChI is InChI=1S/C15H11ClO/c16-15(13-9-5-2-6-10-13)14(11-17)12-7-3-1-4-8-12/h1-11H/b15-14-. The Bertz CT molecular complexity index is 529. The van der Waals surface area contributed by atoms with Gasteiger partial charge in [-0.25, -0.2) is 0 Å². The fourth-order valence-corrected chi connectivity index (χ4v) is 1.88. The highest BCUT2D eigenvalue weighted by atomic mass is 35.5. The van der Waals surface area contributed by atoms with Crippen molar-refractivity contribution in [1.29, 1.82) is 0 Å². The maximum Gasteiger partial charge on any atom is 0.152 e. The Morgan fingerprint density at radius 3 is 1.76 bits per heavy atom. The van der Waals surface area contributed by atoms with Crippen LogP contribution in [-0.2, 0) is 4.79 Å². The first-order valence-electron chi connectivity index (χ1n) is 5.28. The third kappa shape index (κ3) is 2.63. The van der Waals surface area contributed by atoms with E-state index in [0.717, 1.165) is 17.4 Å². The van der Waals surface area contributed by atoms with Gasteiger partial charge in [0, 0.05) is 5.57 Å². The number of rotatable bonds is 3. The van der Waals surface area contributed by atoms with Crippen LogP contribution in [0.25, 0.3) is 10.6 Å². The highest BCUT2D eigenvalue weighted by Gasteiger charge is 2.07. The van der Waals surface area contributed by atoms with E-state index < -0.39 is 0 Å². The summed E-state index contributed by atoms with van der Waals surface area (Å²) in [5, 5.41) is 0.479. The number of hydrogen-bond acceptors (Lipinski definition) is 1. The SMILES string of the molecule is O=C/C(=C(/Cl)c1ccccc1)c1ccccc1. The molecule has 2 heteroatoms. The van der Waals surface area contributed by atoms with Crippen LogP contribution in [0.3, 0.4) is 0 Å². The molecule has 0 bridgehead atoms. The van der Waals surface area contributed by atoms with Gasteiger partial charge in [-0.3, -0.25) is 4.79 Å². The van der Waals surface area contributed by atoms with E-state index in [2.05, 4.69) is 0 Å². The molecular formula is C15H11ClO. The molecule has 0 saturated carbocycles. The smallest absolute Gasteiger partial charge is 0.152 e. The minimum atomic E-state index is 0.479. The van der Waals surface area contributed by atoms with E-state index in [0.29, 0.717) is 10.6 Å². The summed E-state index contributed by atoms with van der Waals surface area (Å²) in [6.07, 6.45) is 0.796. The summed E-state index contributed by atoms with van der Waals surface area (Å²) < 4.78 is 0. The van der Waals surface area contributed by atoms with Gasteiger partial charge in [0.2, 0.25) is 0 Å². The summed E-state index contributed by atoms with van der Waals surface area (Å²) in [5.41, 5.74) is 2.19. The van der Waals surface area contributed by atoms with Crippen LogP contribution in [0.15, 0.2) is 60.7 Å². The maximum absolute atomic E-state index is 11.2. The van der Waals surface area contributed by atoms with Crippen LogP contribution in [0.4, 0.5) is 0 Å². The lowest BCUT2D eigenvalue weighted by Crippen LogP contribution is -1.89. The van der Waals surface area contributed by atoms with Gasteiger partial charge in [0.05, 0.1) is 5.03 Å². The zero-order chi connectivity index (χ0) is 12.1. The van der Waals surface area contributed by atoms with Crippen molar-refractivity contribution in [3.05, 3.63) is 71.8 Å². The van der Waals surface area contributed by atoms with Gasteiger partial charge in [-0.2, -0.15) is 0 Å². The van der Waals surface area contributed by atoms with Gasteiger partial charge in [-0.1, -0.05) is 72.3 Å². The minimum absolute atomic E-state index is 0.479. The minimum Gasteiger partial charge on any atom is -0.298 e. The number of aldehydes is 1. The van der Waals surface area contributed by atoms with Crippen molar-refractivity contribution in [1.82, 2.24) is 0 Å². The molecule has 1 nitrogen and oxygen atoms in total. The van der Waals surface area contributed by atoms with Crippen molar-refractivity contribution in [3.63, 3.8) is 0 Å². The quantitative estimate of drug-likeness (QED) is 0.452. The summed E-state index contributed by atoms with van der Waals surface area (Å²) in [7, 11) is 0. The Morgan fingerprint density at radius 1 is 0.824 bits per heavy atom. The van der Waals surface area contributed by atoms with Crippen molar-refractivity contribution in [2.45, 2.75) is 0 Å². The first-order valence-corrected chi connectivity index (χ1v) is 5.66. The first-order chi connectivity index (χ1) is 8.33. The third-order valence-corrected chi connectivity index (χ3v) is 2.89. The molecule has 0 N–H and O–H groups in total. The van der Waals surface area contributed by atoms with E-state index >= 15 is 0 Å². The molecule has 2 rings (SSSR count). The first kappa shape index (κ1) is 11.6. The van der Waals surface area contributed by atoms with Crippen LogP contribution in [0.5, 0.6) is 0 Å². The monoisotopic (exact) mass is 242 g/mol.